The van der Waals surface area contributed by atoms with Crippen LogP contribution >= 0.6 is 0 Å². The number of benzene rings is 1. The van der Waals surface area contributed by atoms with Gasteiger partial charge in [-0.05, 0) is 6.07 Å². The van der Waals surface area contributed by atoms with E-state index in [0.29, 0.717) is 11.4 Å². The first kappa shape index (κ1) is 8.70. The van der Waals surface area contributed by atoms with Gasteiger partial charge in [0.15, 0.2) is 0 Å². The molecule has 1 aromatic rings. The monoisotopic (exact) mass is 168 g/mol. The SMILES string of the molecule is Nc1cc(N)cc(OB(O)O)c1. The average Bonchev–Trinajstić information content (AvgIpc) is 1.81. The normalized spacial score (nSPS) is 9.50. The molecule has 0 aromatic heterocycles. The molecule has 0 atom stereocenters. The molecule has 0 aliphatic heterocycles. The first-order valence-corrected chi connectivity index (χ1v) is 3.27. The van der Waals surface area contributed by atoms with Crippen molar-refractivity contribution in [3.05, 3.63) is 18.2 Å². The third kappa shape index (κ3) is 2.33. The molecule has 0 heterocycles. The van der Waals surface area contributed by atoms with E-state index in [0.717, 1.165) is 0 Å². The lowest BCUT2D eigenvalue weighted by Crippen LogP contribution is -2.20. The maximum Gasteiger partial charge on any atom is 0.707 e. The summed E-state index contributed by atoms with van der Waals surface area (Å²) < 4.78 is 4.53. The summed E-state index contributed by atoms with van der Waals surface area (Å²) in [7, 11) is -1.86. The molecule has 0 fully saturated rings. The van der Waals surface area contributed by atoms with Crippen LogP contribution in [-0.2, 0) is 0 Å². The Kier molecular flexibility index (Phi) is 2.42. The van der Waals surface area contributed by atoms with E-state index in [4.69, 9.17) is 21.5 Å². The van der Waals surface area contributed by atoms with Crippen LogP contribution in [0.15, 0.2) is 18.2 Å². The lowest BCUT2D eigenvalue weighted by Gasteiger charge is -2.05. The van der Waals surface area contributed by atoms with Crippen LogP contribution in [0.25, 0.3) is 0 Å². The van der Waals surface area contributed by atoms with Crippen molar-refractivity contribution in [3.8, 4) is 5.75 Å². The molecule has 0 radical (unpaired) electrons. The van der Waals surface area contributed by atoms with Gasteiger partial charge in [-0.25, -0.2) is 0 Å². The smallest absolute Gasteiger partial charge is 0.512 e. The molecule has 0 saturated carbocycles. The Morgan fingerprint density at radius 3 is 2.00 bits per heavy atom. The summed E-state index contributed by atoms with van der Waals surface area (Å²) in [5, 5.41) is 16.9. The molecule has 0 spiro atoms. The van der Waals surface area contributed by atoms with Crippen molar-refractivity contribution in [1.82, 2.24) is 0 Å². The second-order valence-electron chi connectivity index (χ2n) is 2.28. The van der Waals surface area contributed by atoms with Gasteiger partial charge in [0.05, 0.1) is 0 Å². The predicted octanol–water partition coefficient (Wildman–Crippen LogP) is -0.801. The Bertz CT molecular complexity index is 259. The molecule has 0 saturated heterocycles. The molecule has 0 amide bonds. The van der Waals surface area contributed by atoms with Gasteiger partial charge in [0.25, 0.3) is 0 Å². The maximum absolute atomic E-state index is 8.44. The van der Waals surface area contributed by atoms with Crippen molar-refractivity contribution < 1.29 is 14.7 Å². The number of hydrogen-bond acceptors (Lipinski definition) is 5. The van der Waals surface area contributed by atoms with E-state index in [9.17, 15) is 0 Å². The van der Waals surface area contributed by atoms with Gasteiger partial charge < -0.3 is 26.2 Å². The highest BCUT2D eigenvalue weighted by molar-refractivity contribution is 6.33. The van der Waals surface area contributed by atoms with Crippen LogP contribution in [0.5, 0.6) is 5.75 Å². The standard InChI is InChI=1S/C6H9BN2O3/c8-4-1-5(9)3-6(2-4)12-7(10)11/h1-3,10-11H,8-9H2. The first-order valence-electron chi connectivity index (χ1n) is 3.27. The predicted molar refractivity (Wildman–Crippen MR) is 46.1 cm³/mol. The molecule has 6 N–H and O–H groups in total. The topological polar surface area (TPSA) is 102 Å². The molecule has 1 aromatic carbocycles. The quantitative estimate of drug-likeness (QED) is 0.342. The Morgan fingerprint density at radius 1 is 1.08 bits per heavy atom. The first-order chi connectivity index (χ1) is 5.58. The third-order valence-electron chi connectivity index (χ3n) is 1.19. The van der Waals surface area contributed by atoms with Crippen molar-refractivity contribution >= 4 is 18.7 Å². The molecule has 5 nitrogen and oxygen atoms in total. The lowest BCUT2D eigenvalue weighted by atomic mass is 10.2. The Balaban J connectivity index is 2.85. The highest BCUT2D eigenvalue weighted by Gasteiger charge is 2.11. The Morgan fingerprint density at radius 2 is 1.58 bits per heavy atom. The van der Waals surface area contributed by atoms with Gasteiger partial charge in [0.1, 0.15) is 5.75 Å². The van der Waals surface area contributed by atoms with Crippen molar-refractivity contribution in [2.75, 3.05) is 11.5 Å². The van der Waals surface area contributed by atoms with Crippen molar-refractivity contribution in [3.63, 3.8) is 0 Å². The van der Waals surface area contributed by atoms with Gasteiger partial charge in [-0.3, -0.25) is 0 Å². The van der Waals surface area contributed by atoms with Crippen LogP contribution < -0.4 is 16.1 Å². The number of anilines is 2. The van der Waals surface area contributed by atoms with Crippen LogP contribution in [0.1, 0.15) is 0 Å². The van der Waals surface area contributed by atoms with Crippen LogP contribution in [0, 0.1) is 0 Å². The van der Waals surface area contributed by atoms with E-state index in [2.05, 4.69) is 4.65 Å². The molecule has 1 rings (SSSR count). The van der Waals surface area contributed by atoms with Gasteiger partial charge >= 0.3 is 7.32 Å². The fourth-order valence-corrected chi connectivity index (χ4v) is 0.836. The molecule has 6 heteroatoms. The Hall–Kier alpha value is -1.40. The molecule has 0 bridgehead atoms. The van der Waals surface area contributed by atoms with Crippen LogP contribution in [0.3, 0.4) is 0 Å². The minimum Gasteiger partial charge on any atom is -0.512 e. The second kappa shape index (κ2) is 3.33. The molecule has 12 heavy (non-hydrogen) atoms. The van der Waals surface area contributed by atoms with E-state index in [1.807, 2.05) is 0 Å². The molecule has 0 aliphatic carbocycles. The van der Waals surface area contributed by atoms with Gasteiger partial charge in [0, 0.05) is 23.5 Å². The maximum atomic E-state index is 8.44. The molecule has 0 aliphatic rings. The van der Waals surface area contributed by atoms with E-state index >= 15 is 0 Å². The number of rotatable bonds is 2. The number of nitrogen functional groups attached to an aromatic ring is 2. The van der Waals surface area contributed by atoms with Gasteiger partial charge in [0.2, 0.25) is 0 Å². The third-order valence-corrected chi connectivity index (χ3v) is 1.19. The molecular weight excluding hydrogens is 159 g/mol. The zero-order valence-corrected chi connectivity index (χ0v) is 6.27. The van der Waals surface area contributed by atoms with Crippen LogP contribution in [-0.4, -0.2) is 17.4 Å². The summed E-state index contributed by atoms with van der Waals surface area (Å²) >= 11 is 0. The highest BCUT2D eigenvalue weighted by Crippen LogP contribution is 2.20. The van der Waals surface area contributed by atoms with E-state index < -0.39 is 7.32 Å². The molecular formula is C6H9BN2O3. The summed E-state index contributed by atoms with van der Waals surface area (Å²) in [6.45, 7) is 0. The van der Waals surface area contributed by atoms with Crippen molar-refractivity contribution in [1.29, 1.82) is 0 Å². The summed E-state index contributed by atoms with van der Waals surface area (Å²) in [6, 6.07) is 4.42. The number of nitrogens with two attached hydrogens (primary N) is 2. The van der Waals surface area contributed by atoms with Gasteiger partial charge in [-0.15, -0.1) is 0 Å². The van der Waals surface area contributed by atoms with E-state index in [1.165, 1.54) is 18.2 Å². The second-order valence-corrected chi connectivity index (χ2v) is 2.28. The summed E-state index contributed by atoms with van der Waals surface area (Å²) in [4.78, 5) is 0. The average molecular weight is 168 g/mol. The van der Waals surface area contributed by atoms with Crippen molar-refractivity contribution in [2.45, 2.75) is 0 Å². The van der Waals surface area contributed by atoms with Gasteiger partial charge in [-0.1, -0.05) is 0 Å². The highest BCUT2D eigenvalue weighted by atomic mass is 16.6. The molecule has 64 valence electrons. The number of hydrogen-bond donors (Lipinski definition) is 4. The minimum atomic E-state index is -1.86. The minimum absolute atomic E-state index is 0.225. The summed E-state index contributed by atoms with van der Waals surface area (Å²) in [5.41, 5.74) is 11.6. The fourth-order valence-electron chi connectivity index (χ4n) is 0.836. The summed E-state index contributed by atoms with van der Waals surface area (Å²) in [6.07, 6.45) is 0. The lowest BCUT2D eigenvalue weighted by molar-refractivity contribution is 0.288. The largest absolute Gasteiger partial charge is 0.707 e. The Labute approximate surface area is 69.7 Å². The summed E-state index contributed by atoms with van der Waals surface area (Å²) in [5.74, 6) is 0.225. The van der Waals surface area contributed by atoms with Crippen LogP contribution in [0.2, 0.25) is 0 Å². The molecule has 0 unspecified atom stereocenters. The van der Waals surface area contributed by atoms with Crippen LogP contribution in [0.4, 0.5) is 11.4 Å². The van der Waals surface area contributed by atoms with E-state index in [1.54, 1.807) is 0 Å². The zero-order chi connectivity index (χ0) is 9.14. The van der Waals surface area contributed by atoms with Crippen molar-refractivity contribution in [2.24, 2.45) is 0 Å². The van der Waals surface area contributed by atoms with E-state index in [-0.39, 0.29) is 5.75 Å². The fraction of sp³-hybridized carbons (Fsp3) is 0. The van der Waals surface area contributed by atoms with Gasteiger partial charge in [-0.2, -0.15) is 0 Å². The zero-order valence-electron chi connectivity index (χ0n) is 6.27.